The van der Waals surface area contributed by atoms with Crippen LogP contribution in [0, 0.1) is 0 Å². The fourth-order valence-corrected chi connectivity index (χ4v) is 1.74. The van der Waals surface area contributed by atoms with Crippen LogP contribution >= 0.6 is 0 Å². The van der Waals surface area contributed by atoms with Crippen molar-refractivity contribution in [3.05, 3.63) is 77.5 Å². The van der Waals surface area contributed by atoms with Crippen LogP contribution in [0.3, 0.4) is 0 Å². The standard InChI is InChI=1S/C17H15NO4/c19-16(20)15(11-13-7-3-1-4-8-13)18-17(21)22-12-14-9-5-2-6-10-14/h1-11H,12H2,(H,18,21)(H,19,20). The fourth-order valence-electron chi connectivity index (χ4n) is 1.74. The van der Waals surface area contributed by atoms with Crippen molar-refractivity contribution in [2.45, 2.75) is 6.61 Å². The average molecular weight is 297 g/mol. The maximum absolute atomic E-state index is 11.7. The first-order valence-corrected chi connectivity index (χ1v) is 6.63. The van der Waals surface area contributed by atoms with E-state index in [0.717, 1.165) is 5.56 Å². The Kier molecular flexibility index (Phi) is 5.31. The highest BCUT2D eigenvalue weighted by Gasteiger charge is 2.12. The Labute approximate surface area is 127 Å². The molecule has 112 valence electrons. The summed E-state index contributed by atoms with van der Waals surface area (Å²) in [6.07, 6.45) is 0.556. The monoisotopic (exact) mass is 297 g/mol. The van der Waals surface area contributed by atoms with Gasteiger partial charge in [0.05, 0.1) is 0 Å². The van der Waals surface area contributed by atoms with Crippen LogP contribution in [0.5, 0.6) is 0 Å². The number of hydrogen-bond donors (Lipinski definition) is 2. The van der Waals surface area contributed by atoms with Crippen LogP contribution in [0.25, 0.3) is 6.08 Å². The van der Waals surface area contributed by atoms with Crippen molar-refractivity contribution in [1.82, 2.24) is 5.32 Å². The van der Waals surface area contributed by atoms with Gasteiger partial charge in [0, 0.05) is 0 Å². The lowest BCUT2D eigenvalue weighted by Crippen LogP contribution is -2.27. The van der Waals surface area contributed by atoms with E-state index in [-0.39, 0.29) is 12.3 Å². The summed E-state index contributed by atoms with van der Waals surface area (Å²) in [4.78, 5) is 22.9. The number of ether oxygens (including phenoxy) is 1. The van der Waals surface area contributed by atoms with Gasteiger partial charge in [-0.15, -0.1) is 0 Å². The lowest BCUT2D eigenvalue weighted by atomic mass is 10.2. The van der Waals surface area contributed by atoms with E-state index in [1.807, 2.05) is 36.4 Å². The molecular formula is C17H15NO4. The quantitative estimate of drug-likeness (QED) is 0.832. The highest BCUT2D eigenvalue weighted by molar-refractivity contribution is 5.95. The molecule has 0 aromatic heterocycles. The van der Waals surface area contributed by atoms with Gasteiger partial charge in [0.25, 0.3) is 0 Å². The van der Waals surface area contributed by atoms with Gasteiger partial charge in [-0.05, 0) is 17.2 Å². The molecule has 0 radical (unpaired) electrons. The van der Waals surface area contributed by atoms with Crippen LogP contribution in [0.15, 0.2) is 66.4 Å². The van der Waals surface area contributed by atoms with Crippen molar-refractivity contribution in [3.8, 4) is 0 Å². The number of hydrogen-bond acceptors (Lipinski definition) is 3. The fraction of sp³-hybridized carbons (Fsp3) is 0.0588. The molecule has 0 aliphatic carbocycles. The summed E-state index contributed by atoms with van der Waals surface area (Å²) in [5, 5.41) is 11.4. The number of carbonyl (C=O) groups excluding carboxylic acids is 1. The predicted octanol–water partition coefficient (Wildman–Crippen LogP) is 3.04. The Morgan fingerprint density at radius 1 is 1.00 bits per heavy atom. The van der Waals surface area contributed by atoms with Crippen LogP contribution in [0.2, 0.25) is 0 Å². The van der Waals surface area contributed by atoms with Gasteiger partial charge in [-0.2, -0.15) is 0 Å². The minimum absolute atomic E-state index is 0.0743. The normalized spacial score (nSPS) is 10.8. The van der Waals surface area contributed by atoms with E-state index < -0.39 is 12.1 Å². The van der Waals surface area contributed by atoms with Gasteiger partial charge in [0.15, 0.2) is 0 Å². The molecule has 2 aromatic carbocycles. The number of carboxylic acids is 1. The van der Waals surface area contributed by atoms with E-state index in [2.05, 4.69) is 5.32 Å². The first kappa shape index (κ1) is 15.3. The largest absolute Gasteiger partial charge is 0.477 e. The molecule has 0 fully saturated rings. The Hall–Kier alpha value is -3.08. The molecule has 0 bridgehead atoms. The average Bonchev–Trinajstić information content (AvgIpc) is 2.54. The summed E-state index contributed by atoms with van der Waals surface area (Å²) >= 11 is 0. The Morgan fingerprint density at radius 3 is 2.18 bits per heavy atom. The van der Waals surface area contributed by atoms with Gasteiger partial charge in [0.2, 0.25) is 0 Å². The van der Waals surface area contributed by atoms with E-state index in [4.69, 9.17) is 9.84 Å². The summed E-state index contributed by atoms with van der Waals surface area (Å²) in [5.41, 5.74) is 1.24. The van der Waals surface area contributed by atoms with Crippen LogP contribution < -0.4 is 5.32 Å². The molecule has 1 amide bonds. The number of rotatable bonds is 5. The maximum atomic E-state index is 11.7. The third kappa shape index (κ3) is 4.79. The molecule has 0 heterocycles. The second-order valence-electron chi connectivity index (χ2n) is 4.46. The van der Waals surface area contributed by atoms with Crippen LogP contribution in [-0.4, -0.2) is 17.2 Å². The van der Waals surface area contributed by atoms with E-state index in [9.17, 15) is 9.59 Å². The molecule has 2 aromatic rings. The van der Waals surface area contributed by atoms with Crippen molar-refractivity contribution < 1.29 is 19.4 Å². The van der Waals surface area contributed by atoms with Crippen molar-refractivity contribution in [3.63, 3.8) is 0 Å². The van der Waals surface area contributed by atoms with E-state index in [1.54, 1.807) is 24.3 Å². The van der Waals surface area contributed by atoms with E-state index in [0.29, 0.717) is 5.56 Å². The first-order valence-electron chi connectivity index (χ1n) is 6.63. The third-order valence-corrected chi connectivity index (χ3v) is 2.79. The topological polar surface area (TPSA) is 75.6 Å². The second-order valence-corrected chi connectivity index (χ2v) is 4.46. The molecule has 0 atom stereocenters. The van der Waals surface area contributed by atoms with Crippen molar-refractivity contribution in [2.75, 3.05) is 0 Å². The number of carboxylic acid groups (broad SMARTS) is 1. The zero-order valence-electron chi connectivity index (χ0n) is 11.7. The first-order chi connectivity index (χ1) is 10.6. The summed E-state index contributed by atoms with van der Waals surface area (Å²) in [7, 11) is 0. The molecule has 0 spiro atoms. The van der Waals surface area contributed by atoms with Crippen molar-refractivity contribution in [2.24, 2.45) is 0 Å². The second kappa shape index (κ2) is 7.64. The number of nitrogens with one attached hydrogen (secondary N) is 1. The van der Waals surface area contributed by atoms with Gasteiger partial charge < -0.3 is 9.84 Å². The molecule has 0 aliphatic heterocycles. The van der Waals surface area contributed by atoms with E-state index >= 15 is 0 Å². The summed E-state index contributed by atoms with van der Waals surface area (Å²) < 4.78 is 4.99. The van der Waals surface area contributed by atoms with Gasteiger partial charge in [-0.25, -0.2) is 9.59 Å². The van der Waals surface area contributed by atoms with Gasteiger partial charge in [-0.3, -0.25) is 5.32 Å². The molecule has 0 saturated carbocycles. The lowest BCUT2D eigenvalue weighted by molar-refractivity contribution is -0.132. The molecular weight excluding hydrogens is 282 g/mol. The summed E-state index contributed by atoms with van der Waals surface area (Å²) in [6, 6.07) is 18.0. The number of alkyl carbamates (subject to hydrolysis) is 1. The van der Waals surface area contributed by atoms with Gasteiger partial charge >= 0.3 is 12.1 Å². The smallest absolute Gasteiger partial charge is 0.412 e. The SMILES string of the molecule is O=C(NC(=Cc1ccccc1)C(=O)O)OCc1ccccc1. The van der Waals surface area contributed by atoms with Gasteiger partial charge in [0.1, 0.15) is 12.3 Å². The van der Waals surface area contributed by atoms with Crippen LogP contribution in [0.1, 0.15) is 11.1 Å². The Morgan fingerprint density at radius 2 is 1.59 bits per heavy atom. The minimum Gasteiger partial charge on any atom is -0.477 e. The molecule has 5 heteroatoms. The molecule has 5 nitrogen and oxygen atoms in total. The molecule has 0 unspecified atom stereocenters. The highest BCUT2D eigenvalue weighted by atomic mass is 16.5. The highest BCUT2D eigenvalue weighted by Crippen LogP contribution is 2.06. The maximum Gasteiger partial charge on any atom is 0.412 e. The number of aliphatic carboxylic acids is 1. The van der Waals surface area contributed by atoms with Gasteiger partial charge in [-0.1, -0.05) is 60.7 Å². The molecule has 22 heavy (non-hydrogen) atoms. The predicted molar refractivity (Wildman–Crippen MR) is 81.8 cm³/mol. The molecule has 0 saturated heterocycles. The Bertz CT molecular complexity index is 666. The summed E-state index contributed by atoms with van der Waals surface area (Å²) in [5.74, 6) is -1.24. The Balaban J connectivity index is 1.98. The number of amides is 1. The van der Waals surface area contributed by atoms with E-state index in [1.165, 1.54) is 6.08 Å². The minimum atomic E-state index is -1.24. The lowest BCUT2D eigenvalue weighted by Gasteiger charge is -2.07. The van der Waals surface area contributed by atoms with Crippen molar-refractivity contribution in [1.29, 1.82) is 0 Å². The number of carbonyl (C=O) groups is 2. The zero-order chi connectivity index (χ0) is 15.8. The molecule has 2 N–H and O–H groups in total. The van der Waals surface area contributed by atoms with Crippen molar-refractivity contribution >= 4 is 18.1 Å². The van der Waals surface area contributed by atoms with Crippen LogP contribution in [0.4, 0.5) is 4.79 Å². The van der Waals surface area contributed by atoms with Crippen LogP contribution in [-0.2, 0) is 16.1 Å². The zero-order valence-corrected chi connectivity index (χ0v) is 11.7. The third-order valence-electron chi connectivity index (χ3n) is 2.79. The summed E-state index contributed by atoms with van der Waals surface area (Å²) in [6.45, 7) is 0.0743. The number of benzene rings is 2. The molecule has 0 aliphatic rings. The molecule has 2 rings (SSSR count).